The number of nitrogens with one attached hydrogen (secondary N) is 1. The zero-order valence-electron chi connectivity index (χ0n) is 8.59. The summed E-state index contributed by atoms with van der Waals surface area (Å²) < 4.78 is 0. The van der Waals surface area contributed by atoms with E-state index in [1.165, 1.54) is 0 Å². The molecule has 14 heavy (non-hydrogen) atoms. The molecule has 0 atom stereocenters. The van der Waals surface area contributed by atoms with E-state index in [-0.39, 0.29) is 12.0 Å². The topological polar surface area (TPSA) is 66.5 Å². The van der Waals surface area contributed by atoms with Crippen LogP contribution in [-0.4, -0.2) is 29.3 Å². The van der Waals surface area contributed by atoms with Crippen LogP contribution in [0.1, 0.15) is 27.2 Å². The smallest absolute Gasteiger partial charge is 0.269 e. The Morgan fingerprint density at radius 2 is 1.86 bits per heavy atom. The number of rotatable bonds is 3. The molecule has 1 aliphatic rings. The zero-order chi connectivity index (χ0) is 10.9. The lowest BCUT2D eigenvalue weighted by molar-refractivity contribution is -0.140. The molecule has 5 nitrogen and oxygen atoms in total. The summed E-state index contributed by atoms with van der Waals surface area (Å²) in [7, 11) is 0. The number of amides is 4. The van der Waals surface area contributed by atoms with E-state index in [2.05, 4.69) is 0 Å². The maximum Gasteiger partial charge on any atom is 0.331 e. The van der Waals surface area contributed by atoms with E-state index in [0.717, 1.165) is 11.3 Å². The van der Waals surface area contributed by atoms with Crippen LogP contribution in [0.2, 0.25) is 0 Å². The van der Waals surface area contributed by atoms with Crippen molar-refractivity contribution in [3.8, 4) is 0 Å². The van der Waals surface area contributed by atoms with Crippen molar-refractivity contribution >= 4 is 17.8 Å². The molecule has 4 amide bonds. The fourth-order valence-corrected chi connectivity index (χ4v) is 1.12. The number of hydrogen-bond donors (Lipinski definition) is 1. The second kappa shape index (κ2) is 3.40. The van der Waals surface area contributed by atoms with Gasteiger partial charge in [0.05, 0.1) is 0 Å². The Morgan fingerprint density at radius 1 is 1.29 bits per heavy atom. The SMILES string of the molecule is CCC(C)(C)CN1C(=O)NC(=O)C1=O. The Labute approximate surface area is 82.4 Å². The van der Waals surface area contributed by atoms with E-state index >= 15 is 0 Å². The average molecular weight is 198 g/mol. The highest BCUT2D eigenvalue weighted by Crippen LogP contribution is 2.22. The minimum Gasteiger partial charge on any atom is -0.269 e. The summed E-state index contributed by atoms with van der Waals surface area (Å²) in [6.07, 6.45) is 0.832. The molecule has 1 N–H and O–H groups in total. The lowest BCUT2D eigenvalue weighted by Crippen LogP contribution is -2.38. The maximum atomic E-state index is 11.2. The van der Waals surface area contributed by atoms with Gasteiger partial charge in [-0.2, -0.15) is 0 Å². The molecule has 0 spiro atoms. The molecule has 0 unspecified atom stereocenters. The van der Waals surface area contributed by atoms with E-state index in [0.29, 0.717) is 0 Å². The van der Waals surface area contributed by atoms with Crippen LogP contribution in [0, 0.1) is 5.41 Å². The van der Waals surface area contributed by atoms with Gasteiger partial charge >= 0.3 is 17.8 Å². The second-order valence-corrected chi connectivity index (χ2v) is 4.17. The van der Waals surface area contributed by atoms with Crippen LogP contribution in [0.15, 0.2) is 0 Å². The third-order valence-electron chi connectivity index (χ3n) is 2.45. The van der Waals surface area contributed by atoms with Crippen LogP contribution in [0.3, 0.4) is 0 Å². The standard InChI is InChI=1S/C9H14N2O3/c1-4-9(2,3)5-11-7(13)6(12)10-8(11)14/h4-5H2,1-3H3,(H,10,12,14). The Balaban J connectivity index is 2.75. The van der Waals surface area contributed by atoms with Gasteiger partial charge in [-0.1, -0.05) is 20.8 Å². The molecule has 1 rings (SSSR count). The summed E-state index contributed by atoms with van der Waals surface area (Å²) in [6, 6.07) is -0.610. The lowest BCUT2D eigenvalue weighted by Gasteiger charge is -2.26. The largest absolute Gasteiger partial charge is 0.331 e. The first-order valence-corrected chi connectivity index (χ1v) is 4.54. The highest BCUT2D eigenvalue weighted by atomic mass is 16.2. The van der Waals surface area contributed by atoms with Gasteiger partial charge in [0.1, 0.15) is 0 Å². The van der Waals surface area contributed by atoms with Crippen molar-refractivity contribution in [1.29, 1.82) is 0 Å². The quantitative estimate of drug-likeness (QED) is 0.530. The molecule has 0 radical (unpaired) electrons. The Hall–Kier alpha value is -1.39. The molecule has 0 aromatic heterocycles. The van der Waals surface area contributed by atoms with Crippen molar-refractivity contribution in [3.63, 3.8) is 0 Å². The van der Waals surface area contributed by atoms with Gasteiger partial charge in [-0.05, 0) is 11.8 Å². The van der Waals surface area contributed by atoms with Crippen molar-refractivity contribution < 1.29 is 14.4 Å². The van der Waals surface area contributed by atoms with E-state index in [9.17, 15) is 14.4 Å². The van der Waals surface area contributed by atoms with Gasteiger partial charge in [0.25, 0.3) is 0 Å². The molecule has 1 saturated heterocycles. The Bertz CT molecular complexity index is 296. The zero-order valence-corrected chi connectivity index (χ0v) is 8.59. The summed E-state index contributed by atoms with van der Waals surface area (Å²) in [5.41, 5.74) is -0.155. The van der Waals surface area contributed by atoms with Crippen LogP contribution in [-0.2, 0) is 9.59 Å². The van der Waals surface area contributed by atoms with Gasteiger partial charge < -0.3 is 0 Å². The molecule has 0 aromatic carbocycles. The average Bonchev–Trinajstić information content (AvgIpc) is 2.32. The van der Waals surface area contributed by atoms with Crippen LogP contribution in [0.4, 0.5) is 4.79 Å². The van der Waals surface area contributed by atoms with Gasteiger partial charge in [-0.3, -0.25) is 19.8 Å². The van der Waals surface area contributed by atoms with Crippen molar-refractivity contribution in [2.24, 2.45) is 5.41 Å². The number of imide groups is 2. The maximum absolute atomic E-state index is 11.2. The normalized spacial score (nSPS) is 17.6. The molecule has 5 heteroatoms. The minimum absolute atomic E-state index is 0.155. The van der Waals surface area contributed by atoms with Crippen molar-refractivity contribution in [2.45, 2.75) is 27.2 Å². The number of nitrogens with zero attached hydrogens (tertiary/aromatic N) is 1. The fourth-order valence-electron chi connectivity index (χ4n) is 1.12. The lowest BCUT2D eigenvalue weighted by atomic mass is 9.90. The van der Waals surface area contributed by atoms with Crippen LogP contribution in [0.25, 0.3) is 0 Å². The van der Waals surface area contributed by atoms with Gasteiger partial charge in [0, 0.05) is 6.54 Å². The molecule has 0 aliphatic carbocycles. The molecular formula is C9H14N2O3. The molecule has 1 aliphatic heterocycles. The van der Waals surface area contributed by atoms with Gasteiger partial charge in [-0.15, -0.1) is 0 Å². The fraction of sp³-hybridized carbons (Fsp3) is 0.667. The number of urea groups is 1. The monoisotopic (exact) mass is 198 g/mol. The third kappa shape index (κ3) is 1.92. The van der Waals surface area contributed by atoms with Gasteiger partial charge in [0.2, 0.25) is 0 Å². The summed E-state index contributed by atoms with van der Waals surface area (Å²) in [6.45, 7) is 6.13. The molecule has 0 aromatic rings. The van der Waals surface area contributed by atoms with Gasteiger partial charge in [0.15, 0.2) is 0 Å². The van der Waals surface area contributed by atoms with Crippen LogP contribution < -0.4 is 5.32 Å². The summed E-state index contributed by atoms with van der Waals surface area (Å²) in [5, 5.41) is 1.96. The van der Waals surface area contributed by atoms with Gasteiger partial charge in [-0.25, -0.2) is 4.79 Å². The Morgan fingerprint density at radius 3 is 2.21 bits per heavy atom. The van der Waals surface area contributed by atoms with Crippen LogP contribution >= 0.6 is 0 Å². The third-order valence-corrected chi connectivity index (χ3v) is 2.45. The van der Waals surface area contributed by atoms with Crippen molar-refractivity contribution in [1.82, 2.24) is 10.2 Å². The molecule has 1 fully saturated rings. The molecular weight excluding hydrogens is 184 g/mol. The van der Waals surface area contributed by atoms with E-state index in [4.69, 9.17) is 0 Å². The molecule has 0 bridgehead atoms. The number of carbonyl (C=O) groups is 3. The predicted molar refractivity (Wildman–Crippen MR) is 49.3 cm³/mol. The second-order valence-electron chi connectivity index (χ2n) is 4.17. The molecule has 1 heterocycles. The minimum atomic E-state index is -0.832. The first-order valence-electron chi connectivity index (χ1n) is 4.54. The first kappa shape index (κ1) is 10.7. The van der Waals surface area contributed by atoms with Crippen LogP contribution in [0.5, 0.6) is 0 Å². The molecule has 0 saturated carbocycles. The summed E-state index contributed by atoms with van der Waals surface area (Å²) in [5.74, 6) is -1.58. The van der Waals surface area contributed by atoms with E-state index in [1.54, 1.807) is 0 Å². The van der Waals surface area contributed by atoms with Crippen molar-refractivity contribution in [2.75, 3.05) is 6.54 Å². The highest BCUT2D eigenvalue weighted by molar-refractivity contribution is 6.44. The molecule has 78 valence electrons. The van der Waals surface area contributed by atoms with E-state index in [1.807, 2.05) is 26.1 Å². The highest BCUT2D eigenvalue weighted by Gasteiger charge is 2.39. The van der Waals surface area contributed by atoms with E-state index < -0.39 is 17.8 Å². The number of hydrogen-bond acceptors (Lipinski definition) is 3. The summed E-state index contributed by atoms with van der Waals surface area (Å²) >= 11 is 0. The van der Waals surface area contributed by atoms with Crippen molar-refractivity contribution in [3.05, 3.63) is 0 Å². The first-order chi connectivity index (χ1) is 6.37. The Kier molecular flexibility index (Phi) is 2.59. The predicted octanol–water partition coefficient (Wildman–Crippen LogP) is 0.501. The summed E-state index contributed by atoms with van der Waals surface area (Å²) in [4.78, 5) is 34.2. The number of carbonyl (C=O) groups excluding carboxylic acids is 3.